The Balaban J connectivity index is 1.88. The second-order valence-electron chi connectivity index (χ2n) is 6.55. The fraction of sp³-hybridized carbons (Fsp3) is 0.300. The summed E-state index contributed by atoms with van der Waals surface area (Å²) in [6.07, 6.45) is -1.25. The minimum Gasteiger partial charge on any atom is -0.488 e. The van der Waals surface area contributed by atoms with Gasteiger partial charge in [-0.1, -0.05) is 11.6 Å². The molecule has 0 saturated heterocycles. The number of nitrogens with one attached hydrogen (secondary N) is 1. The molecule has 1 aliphatic rings. The molecule has 3 rings (SSSR count). The normalized spacial score (nSPS) is 14.7. The minimum absolute atomic E-state index is 0.240. The molecule has 0 atom stereocenters. The first-order valence-corrected chi connectivity index (χ1v) is 9.09. The molecule has 2 aromatic rings. The molecule has 0 heterocycles. The summed E-state index contributed by atoms with van der Waals surface area (Å²) < 4.78 is 46.2. The molecule has 1 aliphatic carbocycles. The number of amides is 1. The number of rotatable bonds is 5. The monoisotopic (exact) mass is 411 g/mol. The van der Waals surface area contributed by atoms with E-state index in [0.29, 0.717) is 30.4 Å². The standard InChI is InChI=1S/C20H17ClF3NO3/c21-17-10-13(19(27)25-14-7-5-12(11-26)6-8-14)9-16(20(22,23)24)18(17)28-15-3-1-2-4-15/h5-11,15H,1-4H2,(H,25,27). The molecule has 0 radical (unpaired) electrons. The van der Waals surface area contributed by atoms with Crippen LogP contribution in [0.15, 0.2) is 36.4 Å². The van der Waals surface area contributed by atoms with Crippen LogP contribution in [0.25, 0.3) is 0 Å². The largest absolute Gasteiger partial charge is 0.488 e. The van der Waals surface area contributed by atoms with Crippen molar-refractivity contribution in [1.29, 1.82) is 0 Å². The van der Waals surface area contributed by atoms with Crippen LogP contribution in [0.2, 0.25) is 5.02 Å². The fourth-order valence-corrected chi connectivity index (χ4v) is 3.34. The molecule has 1 fully saturated rings. The lowest BCUT2D eigenvalue weighted by Gasteiger charge is -2.20. The molecule has 148 valence electrons. The Morgan fingerprint density at radius 3 is 2.36 bits per heavy atom. The van der Waals surface area contributed by atoms with Crippen molar-refractivity contribution >= 4 is 29.5 Å². The van der Waals surface area contributed by atoms with Gasteiger partial charge in [0.2, 0.25) is 0 Å². The van der Waals surface area contributed by atoms with Crippen molar-refractivity contribution in [3.63, 3.8) is 0 Å². The van der Waals surface area contributed by atoms with Crippen molar-refractivity contribution in [2.45, 2.75) is 38.0 Å². The first-order chi connectivity index (χ1) is 13.3. The molecule has 1 saturated carbocycles. The van der Waals surface area contributed by atoms with Crippen molar-refractivity contribution < 1.29 is 27.5 Å². The van der Waals surface area contributed by atoms with E-state index in [9.17, 15) is 22.8 Å². The quantitative estimate of drug-likeness (QED) is 0.638. The lowest BCUT2D eigenvalue weighted by atomic mass is 10.1. The zero-order valence-corrected chi connectivity index (χ0v) is 15.4. The highest BCUT2D eigenvalue weighted by atomic mass is 35.5. The van der Waals surface area contributed by atoms with Crippen LogP contribution in [0.4, 0.5) is 18.9 Å². The third-order valence-corrected chi connectivity index (χ3v) is 4.78. The molecule has 4 nitrogen and oxygen atoms in total. The van der Waals surface area contributed by atoms with Gasteiger partial charge in [0.05, 0.1) is 16.7 Å². The van der Waals surface area contributed by atoms with Gasteiger partial charge in [0.1, 0.15) is 6.29 Å². The number of hydrogen-bond donors (Lipinski definition) is 1. The van der Waals surface area contributed by atoms with Crippen LogP contribution in [-0.4, -0.2) is 18.3 Å². The van der Waals surface area contributed by atoms with Gasteiger partial charge in [-0.05, 0) is 62.1 Å². The Hall–Kier alpha value is -2.54. The Kier molecular flexibility index (Phi) is 5.93. The van der Waals surface area contributed by atoms with Crippen molar-refractivity contribution in [2.75, 3.05) is 5.32 Å². The number of carbonyl (C=O) groups excluding carboxylic acids is 2. The lowest BCUT2D eigenvalue weighted by Crippen LogP contribution is -2.18. The van der Waals surface area contributed by atoms with E-state index in [0.717, 1.165) is 25.0 Å². The molecule has 8 heteroatoms. The summed E-state index contributed by atoms with van der Waals surface area (Å²) >= 11 is 6.06. The van der Waals surface area contributed by atoms with Crippen LogP contribution in [0.3, 0.4) is 0 Å². The van der Waals surface area contributed by atoms with Crippen LogP contribution in [0.1, 0.15) is 52.0 Å². The number of aldehydes is 1. The molecule has 1 amide bonds. The summed E-state index contributed by atoms with van der Waals surface area (Å²) in [5.41, 5.74) is -0.565. The lowest BCUT2D eigenvalue weighted by molar-refractivity contribution is -0.139. The predicted octanol–water partition coefficient (Wildman–Crippen LogP) is 5.75. The molecule has 2 aromatic carbocycles. The Bertz CT molecular complexity index is 876. The van der Waals surface area contributed by atoms with Crippen LogP contribution in [0, 0.1) is 0 Å². The third kappa shape index (κ3) is 4.65. The number of hydrogen-bond acceptors (Lipinski definition) is 3. The summed E-state index contributed by atoms with van der Waals surface area (Å²) in [5.74, 6) is -1.19. The summed E-state index contributed by atoms with van der Waals surface area (Å²) in [6, 6.07) is 7.82. The maximum absolute atomic E-state index is 13.6. The SMILES string of the molecule is O=Cc1ccc(NC(=O)c2cc(Cl)c(OC3CCCC3)c(C(F)(F)F)c2)cc1. The van der Waals surface area contributed by atoms with E-state index < -0.39 is 23.4 Å². The van der Waals surface area contributed by atoms with Gasteiger partial charge in [-0.2, -0.15) is 13.2 Å². The van der Waals surface area contributed by atoms with Gasteiger partial charge < -0.3 is 10.1 Å². The highest BCUT2D eigenvalue weighted by Crippen LogP contribution is 2.42. The van der Waals surface area contributed by atoms with Crippen LogP contribution < -0.4 is 10.1 Å². The Morgan fingerprint density at radius 2 is 1.79 bits per heavy atom. The van der Waals surface area contributed by atoms with Crippen molar-refractivity contribution in [1.82, 2.24) is 0 Å². The highest BCUT2D eigenvalue weighted by molar-refractivity contribution is 6.32. The zero-order valence-electron chi connectivity index (χ0n) is 14.7. The van der Waals surface area contributed by atoms with Crippen LogP contribution in [0.5, 0.6) is 5.75 Å². The molecule has 0 spiro atoms. The van der Waals surface area contributed by atoms with Crippen molar-refractivity contribution in [3.05, 3.63) is 58.1 Å². The number of ether oxygens (including phenoxy) is 1. The second kappa shape index (κ2) is 8.22. The van der Waals surface area contributed by atoms with Crippen molar-refractivity contribution in [3.8, 4) is 5.75 Å². The maximum Gasteiger partial charge on any atom is 0.420 e. The van der Waals surface area contributed by atoms with E-state index in [-0.39, 0.29) is 16.7 Å². The molecule has 1 N–H and O–H groups in total. The van der Waals surface area contributed by atoms with Gasteiger partial charge in [-0.15, -0.1) is 0 Å². The van der Waals surface area contributed by atoms with E-state index >= 15 is 0 Å². The molecular weight excluding hydrogens is 395 g/mol. The molecule has 0 bridgehead atoms. The number of anilines is 1. The smallest absolute Gasteiger partial charge is 0.420 e. The first-order valence-electron chi connectivity index (χ1n) is 8.72. The van der Waals surface area contributed by atoms with Gasteiger partial charge in [-0.25, -0.2) is 0 Å². The average Bonchev–Trinajstić information content (AvgIpc) is 3.16. The second-order valence-corrected chi connectivity index (χ2v) is 6.96. The van der Waals surface area contributed by atoms with Crippen LogP contribution >= 0.6 is 11.6 Å². The van der Waals surface area contributed by atoms with Gasteiger partial charge in [0, 0.05) is 16.8 Å². The predicted molar refractivity (Wildman–Crippen MR) is 99.1 cm³/mol. The third-order valence-electron chi connectivity index (χ3n) is 4.50. The van der Waals surface area contributed by atoms with Gasteiger partial charge in [0.25, 0.3) is 5.91 Å². The zero-order chi connectivity index (χ0) is 20.3. The van der Waals surface area contributed by atoms with E-state index in [1.807, 2.05) is 0 Å². The summed E-state index contributed by atoms with van der Waals surface area (Å²) in [4.78, 5) is 23.1. The maximum atomic E-state index is 13.6. The van der Waals surface area contributed by atoms with E-state index in [4.69, 9.17) is 16.3 Å². The summed E-state index contributed by atoms with van der Waals surface area (Å²) in [6.45, 7) is 0. The Labute approximate surface area is 164 Å². The molecular formula is C20H17ClF3NO3. The summed E-state index contributed by atoms with van der Waals surface area (Å²) in [5, 5.41) is 2.23. The van der Waals surface area contributed by atoms with Crippen LogP contribution in [-0.2, 0) is 6.18 Å². The van der Waals surface area contributed by atoms with E-state index in [2.05, 4.69) is 5.32 Å². The topological polar surface area (TPSA) is 55.4 Å². The van der Waals surface area contributed by atoms with E-state index in [1.165, 1.54) is 24.3 Å². The molecule has 0 aliphatic heterocycles. The number of benzene rings is 2. The van der Waals surface area contributed by atoms with E-state index in [1.54, 1.807) is 0 Å². The number of alkyl halides is 3. The molecule has 0 unspecified atom stereocenters. The summed E-state index contributed by atoms with van der Waals surface area (Å²) in [7, 11) is 0. The number of halogens is 4. The fourth-order valence-electron chi connectivity index (χ4n) is 3.08. The average molecular weight is 412 g/mol. The molecule has 0 aromatic heterocycles. The van der Waals surface area contributed by atoms with Gasteiger partial charge in [0.15, 0.2) is 5.75 Å². The Morgan fingerprint density at radius 1 is 1.14 bits per heavy atom. The van der Waals surface area contributed by atoms with Gasteiger partial charge >= 0.3 is 6.18 Å². The number of carbonyl (C=O) groups is 2. The van der Waals surface area contributed by atoms with Crippen molar-refractivity contribution in [2.24, 2.45) is 0 Å². The minimum atomic E-state index is -4.72. The highest BCUT2D eigenvalue weighted by Gasteiger charge is 2.37. The first kappa shape index (κ1) is 20.2. The van der Waals surface area contributed by atoms with Gasteiger partial charge in [-0.3, -0.25) is 9.59 Å². The molecule has 28 heavy (non-hydrogen) atoms.